The van der Waals surface area contributed by atoms with Gasteiger partial charge in [0.25, 0.3) is 0 Å². The van der Waals surface area contributed by atoms with Crippen LogP contribution in [0.4, 0.5) is 5.82 Å². The molecular weight excluding hydrogens is 459 g/mol. The van der Waals surface area contributed by atoms with Gasteiger partial charge in [-0.05, 0) is 45.7 Å². The molecule has 8 heteroatoms. The van der Waals surface area contributed by atoms with Crippen LogP contribution in [-0.4, -0.2) is 35.6 Å². The minimum absolute atomic E-state index is 0. The fourth-order valence-electron chi connectivity index (χ4n) is 2.35. The lowest BCUT2D eigenvalue weighted by atomic mass is 10.3. The van der Waals surface area contributed by atoms with Crippen molar-refractivity contribution in [3.05, 3.63) is 40.0 Å². The quantitative estimate of drug-likeness (QED) is 0.217. The Morgan fingerprint density at radius 3 is 2.62 bits per heavy atom. The molecule has 2 aromatic heterocycles. The van der Waals surface area contributed by atoms with Gasteiger partial charge >= 0.3 is 0 Å². The number of hydrogen-bond donors (Lipinski definition) is 3. The molecule has 0 saturated carbocycles. The van der Waals surface area contributed by atoms with Gasteiger partial charge in [0.2, 0.25) is 0 Å². The van der Waals surface area contributed by atoms with E-state index in [-0.39, 0.29) is 24.0 Å². The molecule has 2 aromatic rings. The smallest absolute Gasteiger partial charge is 0.191 e. The first-order valence-electron chi connectivity index (χ1n) is 8.79. The monoisotopic (exact) mass is 488 g/mol. The highest BCUT2D eigenvalue weighted by molar-refractivity contribution is 14.0. The van der Waals surface area contributed by atoms with E-state index in [0.717, 1.165) is 55.0 Å². The summed E-state index contributed by atoms with van der Waals surface area (Å²) in [6.45, 7) is 9.51. The lowest BCUT2D eigenvalue weighted by molar-refractivity contribution is 0.712. The average Bonchev–Trinajstić information content (AvgIpc) is 2.94. The molecule has 2 rings (SSSR count). The van der Waals surface area contributed by atoms with Gasteiger partial charge in [0.15, 0.2) is 5.96 Å². The summed E-state index contributed by atoms with van der Waals surface area (Å²) in [6.07, 6.45) is 3.95. The summed E-state index contributed by atoms with van der Waals surface area (Å²) in [5.74, 6) is 1.80. The number of aryl methyl sites for hydroxylation is 2. The van der Waals surface area contributed by atoms with Crippen LogP contribution in [0.5, 0.6) is 0 Å². The van der Waals surface area contributed by atoms with Crippen molar-refractivity contribution < 1.29 is 0 Å². The number of anilines is 1. The summed E-state index contributed by atoms with van der Waals surface area (Å²) < 4.78 is 0. The van der Waals surface area contributed by atoms with Crippen LogP contribution in [0.1, 0.15) is 35.3 Å². The Morgan fingerprint density at radius 2 is 1.96 bits per heavy atom. The molecule has 0 atom stereocenters. The first-order chi connectivity index (χ1) is 12.2. The largest absolute Gasteiger partial charge is 0.370 e. The third-order valence-corrected chi connectivity index (χ3v) is 4.65. The second-order valence-corrected chi connectivity index (χ2v) is 7.00. The van der Waals surface area contributed by atoms with Gasteiger partial charge in [-0.15, -0.1) is 35.3 Å². The lowest BCUT2D eigenvalue weighted by Gasteiger charge is -2.11. The van der Waals surface area contributed by atoms with E-state index < -0.39 is 0 Å². The van der Waals surface area contributed by atoms with E-state index >= 15 is 0 Å². The summed E-state index contributed by atoms with van der Waals surface area (Å²) in [5, 5.41) is 11.1. The van der Waals surface area contributed by atoms with Gasteiger partial charge in [0, 0.05) is 30.7 Å². The summed E-state index contributed by atoms with van der Waals surface area (Å²) >= 11 is 1.72. The summed E-state index contributed by atoms with van der Waals surface area (Å²) in [4.78, 5) is 14.6. The van der Waals surface area contributed by atoms with Crippen molar-refractivity contribution in [3.8, 4) is 0 Å². The van der Waals surface area contributed by atoms with Crippen LogP contribution in [0.25, 0.3) is 0 Å². The Labute approximate surface area is 177 Å². The van der Waals surface area contributed by atoms with Gasteiger partial charge in [-0.3, -0.25) is 0 Å². The van der Waals surface area contributed by atoms with Gasteiger partial charge in [0.05, 0.1) is 17.2 Å². The number of hydrogen-bond acceptors (Lipinski definition) is 5. The van der Waals surface area contributed by atoms with Gasteiger partial charge in [-0.25, -0.2) is 15.0 Å². The number of guanidine groups is 1. The standard InChI is InChI=1S/C18H28N6S.HI/c1-4-19-18(23-13-16-14(2)24-15(3)25-16)22-12-8-7-11-21-17-9-5-6-10-20-17;/h5-6,9-10H,4,7-8,11-13H2,1-3H3,(H,20,21)(H2,19,22,23);1H. The number of thiazole rings is 1. The summed E-state index contributed by atoms with van der Waals surface area (Å²) in [6, 6.07) is 5.89. The molecule has 0 aliphatic rings. The van der Waals surface area contributed by atoms with E-state index in [9.17, 15) is 0 Å². The van der Waals surface area contributed by atoms with Gasteiger partial charge in [0.1, 0.15) is 5.82 Å². The zero-order chi connectivity index (χ0) is 17.9. The van der Waals surface area contributed by atoms with Crippen LogP contribution in [0.3, 0.4) is 0 Å². The maximum Gasteiger partial charge on any atom is 0.191 e. The maximum absolute atomic E-state index is 4.66. The van der Waals surface area contributed by atoms with Crippen molar-refractivity contribution >= 4 is 47.1 Å². The van der Waals surface area contributed by atoms with E-state index in [1.807, 2.05) is 32.0 Å². The van der Waals surface area contributed by atoms with Crippen molar-refractivity contribution in [3.63, 3.8) is 0 Å². The third-order valence-electron chi connectivity index (χ3n) is 3.59. The predicted octanol–water partition coefficient (Wildman–Crippen LogP) is 3.72. The first-order valence-corrected chi connectivity index (χ1v) is 9.60. The van der Waals surface area contributed by atoms with Crippen LogP contribution >= 0.6 is 35.3 Å². The molecular formula is C18H29IN6S. The molecule has 0 radical (unpaired) electrons. The number of nitrogens with zero attached hydrogens (tertiary/aromatic N) is 3. The summed E-state index contributed by atoms with van der Waals surface area (Å²) in [5.41, 5.74) is 1.09. The number of pyridine rings is 1. The lowest BCUT2D eigenvalue weighted by Crippen LogP contribution is -2.37. The van der Waals surface area contributed by atoms with E-state index in [1.165, 1.54) is 4.88 Å². The Balaban J connectivity index is 0.00000338. The number of rotatable bonds is 9. The topological polar surface area (TPSA) is 74.2 Å². The third kappa shape index (κ3) is 8.31. The zero-order valence-electron chi connectivity index (χ0n) is 15.7. The molecule has 0 bridgehead atoms. The maximum atomic E-state index is 4.66. The fourth-order valence-corrected chi connectivity index (χ4v) is 3.21. The van der Waals surface area contributed by atoms with E-state index in [2.05, 4.69) is 37.8 Å². The minimum atomic E-state index is 0. The highest BCUT2D eigenvalue weighted by atomic mass is 127. The molecule has 2 heterocycles. The van der Waals surface area contributed by atoms with Gasteiger partial charge in [-0.1, -0.05) is 6.07 Å². The van der Waals surface area contributed by atoms with Crippen LogP contribution in [-0.2, 0) is 6.54 Å². The molecule has 0 unspecified atom stereocenters. The number of aliphatic imine (C=N–C) groups is 1. The Bertz CT molecular complexity index is 659. The fraction of sp³-hybridized carbons (Fsp3) is 0.500. The number of aromatic nitrogens is 2. The van der Waals surface area contributed by atoms with Crippen molar-refractivity contribution in [1.82, 2.24) is 20.6 Å². The second kappa shape index (κ2) is 12.9. The highest BCUT2D eigenvalue weighted by Crippen LogP contribution is 2.17. The van der Waals surface area contributed by atoms with Gasteiger partial charge in [-0.2, -0.15) is 0 Å². The van der Waals surface area contributed by atoms with Gasteiger partial charge < -0.3 is 16.0 Å². The molecule has 0 amide bonds. The van der Waals surface area contributed by atoms with Crippen molar-refractivity contribution in [1.29, 1.82) is 0 Å². The first kappa shape index (κ1) is 22.6. The van der Waals surface area contributed by atoms with Crippen molar-refractivity contribution in [2.45, 2.75) is 40.2 Å². The molecule has 0 spiro atoms. The molecule has 0 aliphatic carbocycles. The SMILES string of the molecule is CCNC(=NCc1sc(C)nc1C)NCCCCNc1ccccn1.I. The van der Waals surface area contributed by atoms with E-state index in [1.54, 1.807) is 17.5 Å². The average molecular weight is 488 g/mol. The van der Waals surface area contributed by atoms with Crippen LogP contribution < -0.4 is 16.0 Å². The molecule has 0 fully saturated rings. The van der Waals surface area contributed by atoms with Crippen LogP contribution in [0.2, 0.25) is 0 Å². The second-order valence-electron chi connectivity index (χ2n) is 5.71. The molecule has 6 nitrogen and oxygen atoms in total. The highest BCUT2D eigenvalue weighted by Gasteiger charge is 2.04. The summed E-state index contributed by atoms with van der Waals surface area (Å²) in [7, 11) is 0. The Kier molecular flexibility index (Phi) is 11.2. The van der Waals surface area contributed by atoms with Crippen molar-refractivity contribution in [2.24, 2.45) is 4.99 Å². The molecule has 0 aliphatic heterocycles. The number of halogens is 1. The normalized spacial score (nSPS) is 11.0. The van der Waals surface area contributed by atoms with E-state index in [4.69, 9.17) is 0 Å². The van der Waals surface area contributed by atoms with Crippen molar-refractivity contribution in [2.75, 3.05) is 25.0 Å². The van der Waals surface area contributed by atoms with Crippen LogP contribution in [0, 0.1) is 13.8 Å². The predicted molar refractivity (Wildman–Crippen MR) is 122 cm³/mol. The molecule has 0 aromatic carbocycles. The molecule has 144 valence electrons. The molecule has 0 saturated heterocycles. The minimum Gasteiger partial charge on any atom is -0.370 e. The van der Waals surface area contributed by atoms with Crippen LogP contribution in [0.15, 0.2) is 29.4 Å². The zero-order valence-corrected chi connectivity index (χ0v) is 18.9. The Morgan fingerprint density at radius 1 is 1.15 bits per heavy atom. The molecule has 26 heavy (non-hydrogen) atoms. The van der Waals surface area contributed by atoms with E-state index in [0.29, 0.717) is 6.54 Å². The molecule has 3 N–H and O–H groups in total. The number of unbranched alkanes of at least 4 members (excludes halogenated alkanes) is 1. The number of nitrogens with one attached hydrogen (secondary N) is 3. The Hall–Kier alpha value is -1.42.